The molecule has 2 aromatic rings. The van der Waals surface area contributed by atoms with E-state index in [1.54, 1.807) is 16.2 Å². The largest absolute Gasteiger partial charge is 0.351 e. The normalized spacial score (nSPS) is 17.3. The molecule has 24 heavy (non-hydrogen) atoms. The first-order valence-electron chi connectivity index (χ1n) is 8.29. The Hall–Kier alpha value is -2.14. The molecule has 5 heteroatoms. The molecule has 1 saturated heterocycles. The molecule has 0 aliphatic carbocycles. The number of carbonyl (C=O) groups excluding carboxylic acids is 2. The maximum Gasteiger partial charge on any atom is 0.227 e. The first-order chi connectivity index (χ1) is 11.6. The lowest BCUT2D eigenvalue weighted by Crippen LogP contribution is -2.32. The van der Waals surface area contributed by atoms with E-state index in [0.717, 1.165) is 22.5 Å². The summed E-state index contributed by atoms with van der Waals surface area (Å²) >= 11 is 1.68. The molecule has 126 valence electrons. The molecular weight excluding hydrogens is 320 g/mol. The summed E-state index contributed by atoms with van der Waals surface area (Å²) in [4.78, 5) is 28.9. The van der Waals surface area contributed by atoms with Crippen LogP contribution in [0.4, 0.5) is 5.69 Å². The third-order valence-electron chi connectivity index (χ3n) is 4.39. The Balaban J connectivity index is 1.64. The zero-order chi connectivity index (χ0) is 17.1. The van der Waals surface area contributed by atoms with Crippen LogP contribution in [0.25, 0.3) is 0 Å². The van der Waals surface area contributed by atoms with Gasteiger partial charge in [0.05, 0.1) is 12.5 Å². The van der Waals surface area contributed by atoms with Gasteiger partial charge in [0.2, 0.25) is 11.8 Å². The number of carbonyl (C=O) groups is 2. The molecule has 1 aliphatic heterocycles. The number of nitrogens with one attached hydrogen (secondary N) is 1. The molecule has 3 rings (SSSR count). The van der Waals surface area contributed by atoms with Crippen molar-refractivity contribution < 1.29 is 9.59 Å². The fourth-order valence-electron chi connectivity index (χ4n) is 3.09. The maximum atomic E-state index is 12.4. The van der Waals surface area contributed by atoms with Crippen molar-refractivity contribution in [3.8, 4) is 0 Å². The van der Waals surface area contributed by atoms with Gasteiger partial charge >= 0.3 is 0 Å². The third kappa shape index (κ3) is 3.51. The zero-order valence-electron chi connectivity index (χ0n) is 14.0. The van der Waals surface area contributed by atoms with E-state index in [-0.39, 0.29) is 24.2 Å². The zero-order valence-corrected chi connectivity index (χ0v) is 14.9. The summed E-state index contributed by atoms with van der Waals surface area (Å²) in [6.07, 6.45) is 1.15. The highest BCUT2D eigenvalue weighted by atomic mass is 32.1. The summed E-state index contributed by atoms with van der Waals surface area (Å²) in [6.45, 7) is 5.12. The second kappa shape index (κ2) is 7.18. The third-order valence-corrected chi connectivity index (χ3v) is 5.39. The van der Waals surface area contributed by atoms with E-state index in [1.165, 1.54) is 4.88 Å². The van der Waals surface area contributed by atoms with Gasteiger partial charge in [0.15, 0.2) is 0 Å². The minimum atomic E-state index is -0.275. The van der Waals surface area contributed by atoms with Crippen LogP contribution in [0.15, 0.2) is 36.4 Å². The average Bonchev–Trinajstić information content (AvgIpc) is 3.18. The Kier molecular flexibility index (Phi) is 5.00. The molecule has 2 heterocycles. The molecule has 0 bridgehead atoms. The van der Waals surface area contributed by atoms with Crippen molar-refractivity contribution in [1.82, 2.24) is 5.32 Å². The highest BCUT2D eigenvalue weighted by Gasteiger charge is 2.35. The van der Waals surface area contributed by atoms with Gasteiger partial charge in [0.1, 0.15) is 0 Å². The first kappa shape index (κ1) is 16.7. The maximum absolute atomic E-state index is 12.4. The predicted octanol–water partition coefficient (Wildman–Crippen LogP) is 3.29. The molecule has 1 atom stereocenters. The molecule has 1 aliphatic rings. The van der Waals surface area contributed by atoms with Gasteiger partial charge < -0.3 is 10.2 Å². The number of aryl methyl sites for hydroxylation is 2. The van der Waals surface area contributed by atoms with E-state index >= 15 is 0 Å². The van der Waals surface area contributed by atoms with Crippen LogP contribution in [0, 0.1) is 12.8 Å². The van der Waals surface area contributed by atoms with E-state index in [0.29, 0.717) is 13.1 Å². The van der Waals surface area contributed by atoms with Gasteiger partial charge in [0.25, 0.3) is 0 Å². The Labute approximate surface area is 146 Å². The highest BCUT2D eigenvalue weighted by Crippen LogP contribution is 2.28. The van der Waals surface area contributed by atoms with Crippen LogP contribution in [-0.2, 0) is 22.6 Å². The van der Waals surface area contributed by atoms with Gasteiger partial charge in [-0.3, -0.25) is 9.59 Å². The van der Waals surface area contributed by atoms with Gasteiger partial charge in [-0.1, -0.05) is 25.1 Å². The average molecular weight is 342 g/mol. The van der Waals surface area contributed by atoms with Crippen LogP contribution < -0.4 is 10.2 Å². The summed E-state index contributed by atoms with van der Waals surface area (Å²) in [5.74, 6) is -0.280. The second-order valence-electron chi connectivity index (χ2n) is 6.12. The number of anilines is 1. The minimum Gasteiger partial charge on any atom is -0.351 e. The van der Waals surface area contributed by atoms with Crippen LogP contribution >= 0.6 is 11.3 Å². The number of rotatable bonds is 5. The van der Waals surface area contributed by atoms with Gasteiger partial charge in [-0.25, -0.2) is 0 Å². The van der Waals surface area contributed by atoms with Gasteiger partial charge in [-0.2, -0.15) is 0 Å². The SMILES string of the molecule is CCc1ccccc1N1C[C@H](C(=O)NCc2ccc(C)s2)CC1=O. The van der Waals surface area contributed by atoms with E-state index in [4.69, 9.17) is 0 Å². The molecular formula is C19H22N2O2S. The highest BCUT2D eigenvalue weighted by molar-refractivity contribution is 7.11. The van der Waals surface area contributed by atoms with Crippen molar-refractivity contribution in [2.24, 2.45) is 5.92 Å². The lowest BCUT2D eigenvalue weighted by Gasteiger charge is -2.19. The van der Waals surface area contributed by atoms with Crippen molar-refractivity contribution in [2.75, 3.05) is 11.4 Å². The van der Waals surface area contributed by atoms with Gasteiger partial charge in [0, 0.05) is 28.4 Å². The fraction of sp³-hybridized carbons (Fsp3) is 0.368. The number of hydrogen-bond acceptors (Lipinski definition) is 3. The summed E-state index contributed by atoms with van der Waals surface area (Å²) in [7, 11) is 0. The number of benzene rings is 1. The minimum absolute atomic E-state index is 0.0306. The smallest absolute Gasteiger partial charge is 0.227 e. The summed E-state index contributed by atoms with van der Waals surface area (Å²) in [5, 5.41) is 2.97. The fourth-order valence-corrected chi connectivity index (χ4v) is 3.92. The van der Waals surface area contributed by atoms with Gasteiger partial charge in [-0.15, -0.1) is 11.3 Å². The van der Waals surface area contributed by atoms with Gasteiger partial charge in [-0.05, 0) is 37.1 Å². The van der Waals surface area contributed by atoms with Crippen LogP contribution in [0.1, 0.15) is 28.7 Å². The molecule has 1 fully saturated rings. The van der Waals surface area contributed by atoms with Crippen molar-refractivity contribution in [1.29, 1.82) is 0 Å². The second-order valence-corrected chi connectivity index (χ2v) is 7.49. The number of nitrogens with zero attached hydrogens (tertiary/aromatic N) is 1. The Morgan fingerprint density at radius 2 is 2.08 bits per heavy atom. The summed E-state index contributed by atoms with van der Waals surface area (Å²) in [6, 6.07) is 12.0. The van der Waals surface area contributed by atoms with Crippen molar-refractivity contribution in [2.45, 2.75) is 33.2 Å². The number of para-hydroxylation sites is 1. The lowest BCUT2D eigenvalue weighted by molar-refractivity contribution is -0.126. The number of amides is 2. The number of hydrogen-bond donors (Lipinski definition) is 1. The molecule has 0 spiro atoms. The summed E-state index contributed by atoms with van der Waals surface area (Å²) < 4.78 is 0. The summed E-state index contributed by atoms with van der Waals surface area (Å²) in [5.41, 5.74) is 2.08. The van der Waals surface area contributed by atoms with Crippen LogP contribution in [0.3, 0.4) is 0 Å². The Morgan fingerprint density at radius 1 is 1.29 bits per heavy atom. The lowest BCUT2D eigenvalue weighted by atomic mass is 10.1. The van der Waals surface area contributed by atoms with E-state index in [2.05, 4.69) is 25.2 Å². The topological polar surface area (TPSA) is 49.4 Å². The van der Waals surface area contributed by atoms with Crippen LogP contribution in [0.2, 0.25) is 0 Å². The van der Waals surface area contributed by atoms with Crippen molar-refractivity contribution in [3.05, 3.63) is 51.7 Å². The standard InChI is InChI=1S/C19H22N2O2S/c1-3-14-6-4-5-7-17(14)21-12-15(10-18(21)22)19(23)20-11-16-9-8-13(2)24-16/h4-9,15H,3,10-12H2,1-2H3,(H,20,23)/t15-/m1/s1. The predicted molar refractivity (Wildman–Crippen MR) is 97.2 cm³/mol. The van der Waals surface area contributed by atoms with E-state index < -0.39 is 0 Å². The molecule has 2 amide bonds. The van der Waals surface area contributed by atoms with E-state index in [9.17, 15) is 9.59 Å². The number of thiophene rings is 1. The van der Waals surface area contributed by atoms with E-state index in [1.807, 2.05) is 30.3 Å². The Morgan fingerprint density at radius 3 is 2.79 bits per heavy atom. The molecule has 4 nitrogen and oxygen atoms in total. The molecule has 0 unspecified atom stereocenters. The monoisotopic (exact) mass is 342 g/mol. The van der Waals surface area contributed by atoms with Crippen LogP contribution in [-0.4, -0.2) is 18.4 Å². The van der Waals surface area contributed by atoms with Crippen molar-refractivity contribution >= 4 is 28.8 Å². The molecule has 0 saturated carbocycles. The Bertz CT molecular complexity index is 753. The molecule has 0 radical (unpaired) electrons. The quantitative estimate of drug-likeness (QED) is 0.906. The van der Waals surface area contributed by atoms with Crippen molar-refractivity contribution in [3.63, 3.8) is 0 Å². The molecule has 1 N–H and O–H groups in total. The van der Waals surface area contributed by atoms with Crippen LogP contribution in [0.5, 0.6) is 0 Å². The molecule has 1 aromatic carbocycles. The first-order valence-corrected chi connectivity index (χ1v) is 9.11. The molecule has 1 aromatic heterocycles.